The van der Waals surface area contributed by atoms with E-state index < -0.39 is 0 Å². The van der Waals surface area contributed by atoms with Crippen LogP contribution in [-0.4, -0.2) is 63.4 Å². The highest BCUT2D eigenvalue weighted by molar-refractivity contribution is 5.76. The highest BCUT2D eigenvalue weighted by Gasteiger charge is 2.21. The molecule has 0 spiro atoms. The highest BCUT2D eigenvalue weighted by Crippen LogP contribution is 2.10. The smallest absolute Gasteiger partial charge is 0.222 e. The Balaban J connectivity index is 2.39. The molecule has 1 rings (SSSR count). The number of amides is 1. The first kappa shape index (κ1) is 16.4. The number of methoxy groups -OCH3 is 2. The van der Waals surface area contributed by atoms with E-state index in [2.05, 4.69) is 5.32 Å². The Morgan fingerprint density at radius 3 is 2.84 bits per heavy atom. The van der Waals surface area contributed by atoms with Crippen molar-refractivity contribution in [1.29, 1.82) is 0 Å². The quantitative estimate of drug-likeness (QED) is 0.681. The van der Waals surface area contributed by atoms with Gasteiger partial charge in [0.2, 0.25) is 5.91 Å². The molecule has 1 N–H and O–H groups in total. The number of ether oxygens (including phenoxy) is 2. The van der Waals surface area contributed by atoms with Crippen LogP contribution in [-0.2, 0) is 14.3 Å². The first-order valence-electron chi connectivity index (χ1n) is 7.20. The average molecular weight is 272 g/mol. The molecule has 0 saturated carbocycles. The normalized spacial score (nSPS) is 20.5. The molecule has 2 unspecified atom stereocenters. The number of nitrogens with one attached hydrogen (secondary N) is 1. The van der Waals surface area contributed by atoms with Gasteiger partial charge in [-0.05, 0) is 32.7 Å². The molecule has 0 aromatic carbocycles. The highest BCUT2D eigenvalue weighted by atomic mass is 16.5. The van der Waals surface area contributed by atoms with Crippen LogP contribution in [0.1, 0.15) is 32.6 Å². The molecule has 112 valence electrons. The molecule has 0 aliphatic carbocycles. The lowest BCUT2D eigenvalue weighted by molar-refractivity contribution is -0.132. The van der Waals surface area contributed by atoms with Crippen molar-refractivity contribution >= 4 is 5.91 Å². The van der Waals surface area contributed by atoms with E-state index in [-0.39, 0.29) is 12.0 Å². The van der Waals surface area contributed by atoms with Crippen LogP contribution in [0.5, 0.6) is 0 Å². The molecule has 0 aromatic rings. The summed E-state index contributed by atoms with van der Waals surface area (Å²) in [6.07, 6.45) is 3.82. The first-order chi connectivity index (χ1) is 9.17. The molecule has 1 heterocycles. The van der Waals surface area contributed by atoms with Gasteiger partial charge in [0.25, 0.3) is 0 Å². The van der Waals surface area contributed by atoms with E-state index in [4.69, 9.17) is 9.47 Å². The number of hydrogen-bond donors (Lipinski definition) is 1. The van der Waals surface area contributed by atoms with Gasteiger partial charge in [-0.15, -0.1) is 0 Å². The van der Waals surface area contributed by atoms with Gasteiger partial charge in [0, 0.05) is 39.8 Å². The number of rotatable bonds is 9. The van der Waals surface area contributed by atoms with Crippen molar-refractivity contribution in [2.45, 2.75) is 44.8 Å². The van der Waals surface area contributed by atoms with Gasteiger partial charge in [-0.2, -0.15) is 0 Å². The summed E-state index contributed by atoms with van der Waals surface area (Å²) < 4.78 is 10.3. The van der Waals surface area contributed by atoms with Crippen molar-refractivity contribution in [3.8, 4) is 0 Å². The Hall–Kier alpha value is -0.650. The topological polar surface area (TPSA) is 50.8 Å². The molecule has 0 radical (unpaired) electrons. The fourth-order valence-corrected chi connectivity index (χ4v) is 2.30. The summed E-state index contributed by atoms with van der Waals surface area (Å²) in [4.78, 5) is 14.2. The summed E-state index contributed by atoms with van der Waals surface area (Å²) in [5, 5.41) is 3.44. The van der Waals surface area contributed by atoms with Gasteiger partial charge in [0.05, 0.1) is 12.7 Å². The van der Waals surface area contributed by atoms with Gasteiger partial charge in [-0.3, -0.25) is 4.79 Å². The standard InChI is InChI=1S/C14H28N2O3/c1-12(19-3)6-7-14(17)16(9-10-18-2)11-13-5-4-8-15-13/h12-13,15H,4-11H2,1-3H3. The molecule has 1 fully saturated rings. The summed E-state index contributed by atoms with van der Waals surface area (Å²) in [5.74, 6) is 0.203. The summed E-state index contributed by atoms with van der Waals surface area (Å²) in [7, 11) is 3.35. The number of hydrogen-bond acceptors (Lipinski definition) is 4. The molecule has 19 heavy (non-hydrogen) atoms. The van der Waals surface area contributed by atoms with Gasteiger partial charge < -0.3 is 19.7 Å². The molecule has 1 amide bonds. The van der Waals surface area contributed by atoms with Gasteiger partial charge in [0.1, 0.15) is 0 Å². The first-order valence-corrected chi connectivity index (χ1v) is 7.20. The number of carbonyl (C=O) groups is 1. The van der Waals surface area contributed by atoms with Crippen molar-refractivity contribution in [2.24, 2.45) is 0 Å². The fourth-order valence-electron chi connectivity index (χ4n) is 2.30. The van der Waals surface area contributed by atoms with Crippen molar-refractivity contribution < 1.29 is 14.3 Å². The Kier molecular flexibility index (Phi) is 8.02. The minimum atomic E-state index is 0.137. The summed E-state index contributed by atoms with van der Waals surface area (Å²) in [6.45, 7) is 5.12. The maximum atomic E-state index is 12.2. The maximum Gasteiger partial charge on any atom is 0.222 e. The van der Waals surface area contributed by atoms with Crippen molar-refractivity contribution in [1.82, 2.24) is 10.2 Å². The third kappa shape index (κ3) is 6.36. The second-order valence-corrected chi connectivity index (χ2v) is 5.21. The zero-order valence-electron chi connectivity index (χ0n) is 12.5. The third-order valence-corrected chi connectivity index (χ3v) is 3.69. The predicted molar refractivity (Wildman–Crippen MR) is 75.2 cm³/mol. The van der Waals surface area contributed by atoms with E-state index in [9.17, 15) is 4.79 Å². The zero-order chi connectivity index (χ0) is 14.1. The predicted octanol–water partition coefficient (Wildman–Crippen LogP) is 1.03. The SMILES string of the molecule is COCCN(CC1CCCN1)C(=O)CCC(C)OC. The number of carbonyl (C=O) groups excluding carboxylic acids is 1. The summed E-state index contributed by atoms with van der Waals surface area (Å²) >= 11 is 0. The van der Waals surface area contributed by atoms with Crippen LogP contribution in [0, 0.1) is 0 Å². The molecule has 0 bridgehead atoms. The molecule has 1 aliphatic rings. The molecule has 0 aromatic heterocycles. The van der Waals surface area contributed by atoms with E-state index in [0.717, 1.165) is 25.9 Å². The van der Waals surface area contributed by atoms with Crippen molar-refractivity contribution in [3.63, 3.8) is 0 Å². The van der Waals surface area contributed by atoms with Gasteiger partial charge in [-0.1, -0.05) is 0 Å². The second kappa shape index (κ2) is 9.28. The van der Waals surface area contributed by atoms with Gasteiger partial charge in [0.15, 0.2) is 0 Å². The average Bonchev–Trinajstić information content (AvgIpc) is 2.93. The molecular formula is C14H28N2O3. The van der Waals surface area contributed by atoms with E-state index in [1.807, 2.05) is 11.8 Å². The Morgan fingerprint density at radius 2 is 2.26 bits per heavy atom. The Bertz CT molecular complexity index is 255. The Morgan fingerprint density at radius 1 is 1.47 bits per heavy atom. The lowest BCUT2D eigenvalue weighted by Crippen LogP contribution is -2.42. The lowest BCUT2D eigenvalue weighted by Gasteiger charge is -2.26. The minimum Gasteiger partial charge on any atom is -0.383 e. The zero-order valence-corrected chi connectivity index (χ0v) is 12.5. The van der Waals surface area contributed by atoms with Crippen LogP contribution < -0.4 is 5.32 Å². The maximum absolute atomic E-state index is 12.2. The lowest BCUT2D eigenvalue weighted by atomic mass is 10.1. The fraction of sp³-hybridized carbons (Fsp3) is 0.929. The van der Waals surface area contributed by atoms with Crippen molar-refractivity contribution in [2.75, 3.05) is 40.5 Å². The molecule has 5 nitrogen and oxygen atoms in total. The van der Waals surface area contributed by atoms with E-state index in [1.54, 1.807) is 14.2 Å². The number of nitrogens with zero attached hydrogens (tertiary/aromatic N) is 1. The Labute approximate surface area is 116 Å². The summed E-state index contributed by atoms with van der Waals surface area (Å²) in [6, 6.07) is 0.445. The minimum absolute atomic E-state index is 0.137. The van der Waals surface area contributed by atoms with E-state index in [0.29, 0.717) is 25.6 Å². The molecule has 1 aliphatic heterocycles. The van der Waals surface area contributed by atoms with Crippen molar-refractivity contribution in [3.05, 3.63) is 0 Å². The largest absolute Gasteiger partial charge is 0.383 e. The van der Waals surface area contributed by atoms with Crippen LogP contribution in [0.3, 0.4) is 0 Å². The van der Waals surface area contributed by atoms with Crippen LogP contribution >= 0.6 is 0 Å². The van der Waals surface area contributed by atoms with Crippen LogP contribution in [0.15, 0.2) is 0 Å². The van der Waals surface area contributed by atoms with E-state index in [1.165, 1.54) is 6.42 Å². The molecule has 1 saturated heterocycles. The van der Waals surface area contributed by atoms with Gasteiger partial charge >= 0.3 is 0 Å². The molecule has 2 atom stereocenters. The van der Waals surface area contributed by atoms with E-state index >= 15 is 0 Å². The van der Waals surface area contributed by atoms with Crippen LogP contribution in [0.25, 0.3) is 0 Å². The molecular weight excluding hydrogens is 244 g/mol. The molecule has 5 heteroatoms. The second-order valence-electron chi connectivity index (χ2n) is 5.21. The van der Waals surface area contributed by atoms with Gasteiger partial charge in [-0.25, -0.2) is 0 Å². The van der Waals surface area contributed by atoms with Crippen LogP contribution in [0.4, 0.5) is 0 Å². The third-order valence-electron chi connectivity index (χ3n) is 3.69. The van der Waals surface area contributed by atoms with Crippen LogP contribution in [0.2, 0.25) is 0 Å². The monoisotopic (exact) mass is 272 g/mol. The summed E-state index contributed by atoms with van der Waals surface area (Å²) in [5.41, 5.74) is 0.